The van der Waals surface area contributed by atoms with Gasteiger partial charge in [0.1, 0.15) is 67.1 Å². The summed E-state index contributed by atoms with van der Waals surface area (Å²) >= 11 is 0. The molecule has 15 atom stereocenters. The highest BCUT2D eigenvalue weighted by molar-refractivity contribution is 5.73. The fraction of sp³-hybridized carbons (Fsp3) is 0.923. The molecule has 1 amide bonds. The normalized spacial score (nSPS) is 43.0. The number of carbonyl (C=O) groups is 2. The van der Waals surface area contributed by atoms with E-state index in [4.69, 9.17) is 33.5 Å². The molecule has 3 saturated heterocycles. The second-order valence-electron chi connectivity index (χ2n) is 11.1. The van der Waals surface area contributed by atoms with E-state index in [-0.39, 0.29) is 13.0 Å². The second kappa shape index (κ2) is 16.8. The molecule has 10 N–H and O–H groups in total. The lowest BCUT2D eigenvalue weighted by molar-refractivity contribution is -0.373. The predicted octanol–water partition coefficient (Wildman–Crippen LogP) is -4.73. The molecule has 3 fully saturated rings. The Kier molecular flexibility index (Phi) is 14.1. The number of unbranched alkanes of at least 4 members (excludes halogenated alkanes) is 2. The van der Waals surface area contributed by atoms with Gasteiger partial charge in [0.2, 0.25) is 5.91 Å². The molecule has 0 spiro atoms. The maximum absolute atomic E-state index is 12.3. The van der Waals surface area contributed by atoms with Gasteiger partial charge in [0.25, 0.3) is 0 Å². The minimum absolute atomic E-state index is 0.0311. The molecule has 0 radical (unpaired) electrons. The molecular weight excluding hydrogens is 598 g/mol. The number of aliphatic hydroxyl groups is 8. The van der Waals surface area contributed by atoms with Crippen molar-refractivity contribution in [3.05, 3.63) is 0 Å². The van der Waals surface area contributed by atoms with Crippen molar-refractivity contribution in [3.8, 4) is 0 Å². The van der Waals surface area contributed by atoms with Crippen LogP contribution in [0, 0.1) is 0 Å². The Morgan fingerprint density at radius 3 is 1.86 bits per heavy atom. The first-order valence-electron chi connectivity index (χ1n) is 14.5. The standard InChI is InChI=1S/C26H45NO17/c1-10-16(33)18(35)20(37)25(40-10)44-23-15(27-11(2)30)24(39-7-5-3-4-6-14(31)32)42-13(9-29)22(23)43-26-21(38)19(36)17(34)12(8-28)41-26/h10,12-13,15-26,28-29,33-38H,3-9H2,1-2H3,(H,27,30)(H,31,32)/t10-,12+,13+,15+,16+,17-,18+,19-,20-,21+,22+,23+,24+,25-,26+/m0/s1. The van der Waals surface area contributed by atoms with Gasteiger partial charge >= 0.3 is 5.97 Å². The predicted molar refractivity (Wildman–Crippen MR) is 141 cm³/mol. The van der Waals surface area contributed by atoms with Crippen molar-refractivity contribution in [2.24, 2.45) is 0 Å². The van der Waals surface area contributed by atoms with Crippen LogP contribution in [-0.2, 0) is 38.0 Å². The Morgan fingerprint density at radius 2 is 1.27 bits per heavy atom. The lowest BCUT2D eigenvalue weighted by atomic mass is 9.94. The van der Waals surface area contributed by atoms with Crippen molar-refractivity contribution in [1.29, 1.82) is 0 Å². The average Bonchev–Trinajstić information content (AvgIpc) is 2.98. The van der Waals surface area contributed by atoms with Crippen molar-refractivity contribution < 1.29 is 84.0 Å². The number of hydrogen-bond donors (Lipinski definition) is 10. The van der Waals surface area contributed by atoms with Crippen LogP contribution in [0.4, 0.5) is 0 Å². The second-order valence-corrected chi connectivity index (χ2v) is 11.1. The first kappa shape index (κ1) is 36.8. The lowest BCUT2D eigenvalue weighted by Crippen LogP contribution is -2.69. The molecule has 0 aromatic rings. The van der Waals surface area contributed by atoms with Crippen LogP contribution in [0.25, 0.3) is 0 Å². The number of aliphatic hydroxyl groups excluding tert-OH is 8. The van der Waals surface area contributed by atoms with Gasteiger partial charge in [0.15, 0.2) is 18.9 Å². The van der Waals surface area contributed by atoms with Gasteiger partial charge in [-0.25, -0.2) is 0 Å². The molecule has 0 bridgehead atoms. The number of ether oxygens (including phenoxy) is 6. The lowest BCUT2D eigenvalue weighted by Gasteiger charge is -2.50. The Bertz CT molecular complexity index is 912. The summed E-state index contributed by atoms with van der Waals surface area (Å²) in [6.07, 6.45) is -20.4. The largest absolute Gasteiger partial charge is 0.481 e. The minimum atomic E-state index is -1.86. The maximum Gasteiger partial charge on any atom is 0.303 e. The van der Waals surface area contributed by atoms with Gasteiger partial charge in [-0.2, -0.15) is 0 Å². The zero-order valence-corrected chi connectivity index (χ0v) is 24.4. The van der Waals surface area contributed by atoms with Crippen LogP contribution in [0.5, 0.6) is 0 Å². The van der Waals surface area contributed by atoms with E-state index in [2.05, 4.69) is 5.32 Å². The summed E-state index contributed by atoms with van der Waals surface area (Å²) < 4.78 is 34.8. The van der Waals surface area contributed by atoms with E-state index in [9.17, 15) is 50.4 Å². The van der Waals surface area contributed by atoms with E-state index in [0.717, 1.165) is 0 Å². The Hall–Kier alpha value is -1.62. The number of carboxylic acids is 1. The van der Waals surface area contributed by atoms with Crippen LogP contribution >= 0.6 is 0 Å². The quantitative estimate of drug-likeness (QED) is 0.0795. The Balaban J connectivity index is 1.91. The van der Waals surface area contributed by atoms with Crippen LogP contribution in [0.3, 0.4) is 0 Å². The molecule has 0 aromatic carbocycles. The third kappa shape index (κ3) is 9.01. The minimum Gasteiger partial charge on any atom is -0.481 e. The average molecular weight is 644 g/mol. The van der Waals surface area contributed by atoms with Crippen molar-refractivity contribution >= 4 is 11.9 Å². The van der Waals surface area contributed by atoms with Gasteiger partial charge in [-0.3, -0.25) is 9.59 Å². The molecule has 3 aliphatic rings. The van der Waals surface area contributed by atoms with Crippen molar-refractivity contribution in [2.75, 3.05) is 19.8 Å². The molecule has 3 heterocycles. The molecule has 0 unspecified atom stereocenters. The monoisotopic (exact) mass is 643 g/mol. The van der Waals surface area contributed by atoms with Gasteiger partial charge in [0, 0.05) is 20.0 Å². The van der Waals surface area contributed by atoms with E-state index in [1.54, 1.807) is 0 Å². The van der Waals surface area contributed by atoms with Gasteiger partial charge in [0.05, 0.1) is 19.3 Å². The zero-order valence-electron chi connectivity index (χ0n) is 24.4. The van der Waals surface area contributed by atoms with E-state index in [0.29, 0.717) is 19.3 Å². The smallest absolute Gasteiger partial charge is 0.303 e. The zero-order chi connectivity index (χ0) is 32.7. The summed E-state index contributed by atoms with van der Waals surface area (Å²) in [4.78, 5) is 23.1. The molecule has 3 rings (SSSR count). The number of aliphatic carboxylic acids is 1. The number of carbonyl (C=O) groups excluding carboxylic acids is 1. The molecule has 256 valence electrons. The Morgan fingerprint density at radius 1 is 0.705 bits per heavy atom. The number of carboxylic acid groups (broad SMARTS) is 1. The van der Waals surface area contributed by atoms with E-state index >= 15 is 0 Å². The van der Waals surface area contributed by atoms with E-state index < -0.39 is 117 Å². The maximum atomic E-state index is 12.3. The first-order valence-corrected chi connectivity index (χ1v) is 14.5. The van der Waals surface area contributed by atoms with Crippen molar-refractivity contribution in [2.45, 2.75) is 132 Å². The van der Waals surface area contributed by atoms with Gasteiger partial charge in [-0.1, -0.05) is 6.42 Å². The molecule has 18 heteroatoms. The highest BCUT2D eigenvalue weighted by Gasteiger charge is 2.54. The number of rotatable bonds is 14. The summed E-state index contributed by atoms with van der Waals surface area (Å²) in [6, 6.07) is -1.26. The molecular formula is C26H45NO17. The van der Waals surface area contributed by atoms with Gasteiger partial charge in [-0.05, 0) is 19.8 Å². The van der Waals surface area contributed by atoms with Gasteiger partial charge in [-0.15, -0.1) is 0 Å². The van der Waals surface area contributed by atoms with Crippen LogP contribution < -0.4 is 5.32 Å². The summed E-state index contributed by atoms with van der Waals surface area (Å²) in [7, 11) is 0. The van der Waals surface area contributed by atoms with E-state index in [1.165, 1.54) is 13.8 Å². The fourth-order valence-electron chi connectivity index (χ4n) is 5.28. The van der Waals surface area contributed by atoms with Crippen molar-refractivity contribution in [3.63, 3.8) is 0 Å². The first-order chi connectivity index (χ1) is 20.8. The number of nitrogens with one attached hydrogen (secondary N) is 1. The molecule has 0 saturated carbocycles. The molecule has 0 aliphatic carbocycles. The summed E-state index contributed by atoms with van der Waals surface area (Å²) in [5.41, 5.74) is 0. The van der Waals surface area contributed by atoms with Crippen molar-refractivity contribution in [1.82, 2.24) is 5.32 Å². The summed E-state index contributed by atoms with van der Waals surface area (Å²) in [6.45, 7) is 1.12. The van der Waals surface area contributed by atoms with Crippen LogP contribution in [0.2, 0.25) is 0 Å². The number of amides is 1. The number of hydrogen-bond acceptors (Lipinski definition) is 16. The summed E-state index contributed by atoms with van der Waals surface area (Å²) in [5, 5.41) is 93.5. The molecule has 0 aromatic heterocycles. The third-order valence-electron chi connectivity index (χ3n) is 7.75. The molecule has 44 heavy (non-hydrogen) atoms. The summed E-state index contributed by atoms with van der Waals surface area (Å²) in [5.74, 6) is -1.53. The SMILES string of the molecule is CC(=O)N[C@H]1[C@H](OCCCCCC(=O)O)O[C@H](CO)[C@@H](O[C@H]2O[C@H](CO)[C@H](O)[C@H](O)[C@H]2O)[C@@H]1O[C@@H]1O[C@@H](C)[C@@H](O)[C@@H](O)[C@@H]1O. The highest BCUT2D eigenvalue weighted by atomic mass is 16.8. The third-order valence-corrected chi connectivity index (χ3v) is 7.75. The molecule has 3 aliphatic heterocycles. The topological polar surface area (TPSA) is 284 Å². The fourth-order valence-corrected chi connectivity index (χ4v) is 5.28. The van der Waals surface area contributed by atoms with Gasteiger partial charge < -0.3 is 79.7 Å². The highest BCUT2D eigenvalue weighted by Crippen LogP contribution is 2.34. The van der Waals surface area contributed by atoms with Crippen LogP contribution in [0.15, 0.2) is 0 Å². The Labute approximate surface area is 253 Å². The van der Waals surface area contributed by atoms with E-state index in [1.807, 2.05) is 0 Å². The van der Waals surface area contributed by atoms with Crippen LogP contribution in [0.1, 0.15) is 39.5 Å². The van der Waals surface area contributed by atoms with Crippen LogP contribution in [-0.4, -0.2) is 170 Å². The molecule has 18 nitrogen and oxygen atoms in total.